The van der Waals surface area contributed by atoms with Crippen LogP contribution in [0.5, 0.6) is 11.5 Å². The topological polar surface area (TPSA) is 91.2 Å². The number of nitrogens with one attached hydrogen (secondary N) is 1. The minimum Gasteiger partial charge on any atom is -0.493 e. The highest BCUT2D eigenvalue weighted by Crippen LogP contribution is 2.37. The first kappa shape index (κ1) is 19.7. The standard InChI is InChI=1S/C18H17BrFN5O3/c1-3-6-28-17-13(19)7-11(8-16(17)27-2)18(26)22-15-9-12(4-5-14(15)20)25-10-21-23-24-25/h4-5,7-10H,3,6H2,1-2H3,(H,22,26). The summed E-state index contributed by atoms with van der Waals surface area (Å²) in [6.07, 6.45) is 2.20. The third-order valence-electron chi connectivity index (χ3n) is 3.75. The zero-order valence-electron chi connectivity index (χ0n) is 15.1. The smallest absolute Gasteiger partial charge is 0.255 e. The summed E-state index contributed by atoms with van der Waals surface area (Å²) in [5.74, 6) is -0.184. The van der Waals surface area contributed by atoms with Crippen molar-refractivity contribution in [3.8, 4) is 17.2 Å². The van der Waals surface area contributed by atoms with Crippen molar-refractivity contribution in [3.63, 3.8) is 0 Å². The maximum absolute atomic E-state index is 14.2. The van der Waals surface area contributed by atoms with Gasteiger partial charge in [0.15, 0.2) is 11.5 Å². The molecular formula is C18H17BrFN5O3. The van der Waals surface area contributed by atoms with Crippen LogP contribution in [0.2, 0.25) is 0 Å². The fraction of sp³-hybridized carbons (Fsp3) is 0.222. The van der Waals surface area contributed by atoms with Crippen LogP contribution in [0, 0.1) is 5.82 Å². The second-order valence-electron chi connectivity index (χ2n) is 5.71. The molecule has 0 spiro atoms. The highest BCUT2D eigenvalue weighted by atomic mass is 79.9. The molecular weight excluding hydrogens is 433 g/mol. The number of halogens is 2. The van der Waals surface area contributed by atoms with Gasteiger partial charge in [0.25, 0.3) is 5.91 Å². The van der Waals surface area contributed by atoms with E-state index < -0.39 is 11.7 Å². The SMILES string of the molecule is CCCOc1c(Br)cc(C(=O)Nc2cc(-n3cnnn3)ccc2F)cc1OC. The normalized spacial score (nSPS) is 10.6. The molecule has 3 rings (SSSR count). The Balaban J connectivity index is 1.87. The molecule has 0 aliphatic heterocycles. The number of benzene rings is 2. The number of anilines is 1. The molecule has 3 aromatic rings. The Labute approximate surface area is 168 Å². The minimum absolute atomic E-state index is 0.000557. The zero-order valence-corrected chi connectivity index (χ0v) is 16.7. The lowest BCUT2D eigenvalue weighted by atomic mass is 10.1. The van der Waals surface area contributed by atoms with Gasteiger partial charge < -0.3 is 14.8 Å². The quantitative estimate of drug-likeness (QED) is 0.592. The summed E-state index contributed by atoms with van der Waals surface area (Å²) in [6.45, 7) is 2.50. The minimum atomic E-state index is -0.584. The van der Waals surface area contributed by atoms with E-state index in [0.29, 0.717) is 28.3 Å². The highest BCUT2D eigenvalue weighted by molar-refractivity contribution is 9.10. The lowest BCUT2D eigenvalue weighted by molar-refractivity contribution is 0.102. The molecule has 1 amide bonds. The van der Waals surface area contributed by atoms with E-state index in [2.05, 4.69) is 36.8 Å². The Hall–Kier alpha value is -3.01. The van der Waals surface area contributed by atoms with Crippen molar-refractivity contribution in [3.05, 3.63) is 52.5 Å². The second-order valence-corrected chi connectivity index (χ2v) is 6.56. The molecule has 10 heteroatoms. The largest absolute Gasteiger partial charge is 0.493 e. The Morgan fingerprint density at radius 1 is 1.32 bits per heavy atom. The van der Waals surface area contributed by atoms with Gasteiger partial charge in [0.05, 0.1) is 29.6 Å². The number of carbonyl (C=O) groups excluding carboxylic acids is 1. The van der Waals surface area contributed by atoms with Gasteiger partial charge in [-0.2, -0.15) is 0 Å². The van der Waals surface area contributed by atoms with E-state index in [1.807, 2.05) is 6.92 Å². The molecule has 0 saturated carbocycles. The summed E-state index contributed by atoms with van der Waals surface area (Å²) in [4.78, 5) is 12.7. The Morgan fingerprint density at radius 3 is 2.82 bits per heavy atom. The number of hydrogen-bond acceptors (Lipinski definition) is 6. The third kappa shape index (κ3) is 4.28. The van der Waals surface area contributed by atoms with Crippen LogP contribution < -0.4 is 14.8 Å². The Kier molecular flexibility index (Phi) is 6.19. The van der Waals surface area contributed by atoms with Crippen LogP contribution in [-0.2, 0) is 0 Å². The molecule has 0 atom stereocenters. The maximum atomic E-state index is 14.2. The highest BCUT2D eigenvalue weighted by Gasteiger charge is 2.17. The summed E-state index contributed by atoms with van der Waals surface area (Å²) < 4.78 is 27.1. The predicted octanol–water partition coefficient (Wildman–Crippen LogP) is 3.61. The summed E-state index contributed by atoms with van der Waals surface area (Å²) in [7, 11) is 1.48. The molecule has 0 unspecified atom stereocenters. The van der Waals surface area contributed by atoms with Gasteiger partial charge in [-0.15, -0.1) is 5.10 Å². The van der Waals surface area contributed by atoms with E-state index >= 15 is 0 Å². The zero-order chi connectivity index (χ0) is 20.1. The van der Waals surface area contributed by atoms with Crippen LogP contribution in [-0.4, -0.2) is 39.8 Å². The van der Waals surface area contributed by atoms with Crippen LogP contribution in [0.25, 0.3) is 5.69 Å². The van der Waals surface area contributed by atoms with E-state index in [-0.39, 0.29) is 11.3 Å². The first-order valence-electron chi connectivity index (χ1n) is 8.38. The predicted molar refractivity (Wildman–Crippen MR) is 104 cm³/mol. The van der Waals surface area contributed by atoms with Gasteiger partial charge in [-0.1, -0.05) is 6.92 Å². The fourth-order valence-electron chi connectivity index (χ4n) is 2.42. The number of hydrogen-bond donors (Lipinski definition) is 1. The molecule has 0 aliphatic rings. The molecule has 28 heavy (non-hydrogen) atoms. The number of nitrogens with zero attached hydrogens (tertiary/aromatic N) is 4. The van der Waals surface area contributed by atoms with Crippen molar-refractivity contribution in [2.75, 3.05) is 19.0 Å². The number of aromatic nitrogens is 4. The third-order valence-corrected chi connectivity index (χ3v) is 4.34. The lowest BCUT2D eigenvalue weighted by Crippen LogP contribution is -2.14. The number of rotatable bonds is 7. The number of ether oxygens (including phenoxy) is 2. The van der Waals surface area contributed by atoms with Crippen molar-refractivity contribution >= 4 is 27.5 Å². The van der Waals surface area contributed by atoms with Gasteiger partial charge in [-0.25, -0.2) is 9.07 Å². The second kappa shape index (κ2) is 8.79. The first-order chi connectivity index (χ1) is 13.5. The van der Waals surface area contributed by atoms with Gasteiger partial charge in [-0.05, 0) is 63.1 Å². The van der Waals surface area contributed by atoms with Crippen LogP contribution in [0.4, 0.5) is 10.1 Å². The monoisotopic (exact) mass is 449 g/mol. The summed E-state index contributed by atoms with van der Waals surface area (Å²) in [6, 6.07) is 7.29. The average molecular weight is 450 g/mol. The molecule has 0 aliphatic carbocycles. The number of carbonyl (C=O) groups is 1. The van der Waals surface area contributed by atoms with E-state index in [1.165, 1.54) is 42.4 Å². The summed E-state index contributed by atoms with van der Waals surface area (Å²) >= 11 is 3.39. The molecule has 0 saturated heterocycles. The van der Waals surface area contributed by atoms with E-state index in [9.17, 15) is 9.18 Å². The van der Waals surface area contributed by atoms with Crippen LogP contribution in [0.1, 0.15) is 23.7 Å². The molecule has 8 nitrogen and oxygen atoms in total. The summed E-state index contributed by atoms with van der Waals surface area (Å²) in [5, 5.41) is 13.4. The van der Waals surface area contributed by atoms with Crippen LogP contribution >= 0.6 is 15.9 Å². The molecule has 0 bridgehead atoms. The van der Waals surface area contributed by atoms with Gasteiger partial charge in [0, 0.05) is 5.56 Å². The maximum Gasteiger partial charge on any atom is 0.255 e. The molecule has 0 fully saturated rings. The van der Waals surface area contributed by atoms with Crippen molar-refractivity contribution in [2.45, 2.75) is 13.3 Å². The van der Waals surface area contributed by atoms with Crippen molar-refractivity contribution in [1.29, 1.82) is 0 Å². The number of methoxy groups -OCH3 is 1. The fourth-order valence-corrected chi connectivity index (χ4v) is 2.98. The van der Waals surface area contributed by atoms with E-state index in [0.717, 1.165) is 6.42 Å². The Morgan fingerprint density at radius 2 is 2.14 bits per heavy atom. The van der Waals surface area contributed by atoms with E-state index in [1.54, 1.807) is 6.07 Å². The van der Waals surface area contributed by atoms with Gasteiger partial charge in [0.1, 0.15) is 12.1 Å². The molecule has 0 radical (unpaired) electrons. The van der Waals surface area contributed by atoms with Gasteiger partial charge >= 0.3 is 0 Å². The van der Waals surface area contributed by atoms with E-state index in [4.69, 9.17) is 9.47 Å². The number of tetrazole rings is 1. The van der Waals surface area contributed by atoms with Crippen LogP contribution in [0.3, 0.4) is 0 Å². The van der Waals surface area contributed by atoms with Crippen molar-refractivity contribution < 1.29 is 18.7 Å². The average Bonchev–Trinajstić information content (AvgIpc) is 3.23. The van der Waals surface area contributed by atoms with Crippen LogP contribution in [0.15, 0.2) is 41.1 Å². The first-order valence-corrected chi connectivity index (χ1v) is 9.17. The lowest BCUT2D eigenvalue weighted by Gasteiger charge is -2.14. The Bertz CT molecular complexity index is 982. The molecule has 1 N–H and O–H groups in total. The molecule has 146 valence electrons. The van der Waals surface area contributed by atoms with Gasteiger partial charge in [0.2, 0.25) is 0 Å². The van der Waals surface area contributed by atoms with Crippen molar-refractivity contribution in [1.82, 2.24) is 20.2 Å². The molecule has 1 aromatic heterocycles. The molecule has 2 aromatic carbocycles. The molecule has 1 heterocycles. The summed E-state index contributed by atoms with van der Waals surface area (Å²) in [5.41, 5.74) is 0.781. The number of amides is 1. The van der Waals surface area contributed by atoms with Gasteiger partial charge in [-0.3, -0.25) is 4.79 Å². The van der Waals surface area contributed by atoms with Crippen molar-refractivity contribution in [2.24, 2.45) is 0 Å².